The van der Waals surface area contributed by atoms with Gasteiger partial charge < -0.3 is 20.5 Å². The lowest BCUT2D eigenvalue weighted by Crippen LogP contribution is -2.42. The highest BCUT2D eigenvalue weighted by molar-refractivity contribution is 5.91. The summed E-state index contributed by atoms with van der Waals surface area (Å²) in [5.41, 5.74) is -0.582. The van der Waals surface area contributed by atoms with Gasteiger partial charge in [0.05, 0.1) is 41.8 Å². The highest BCUT2D eigenvalue weighted by Gasteiger charge is 2.30. The average Bonchev–Trinajstić information content (AvgIpc) is 2.85. The third kappa shape index (κ3) is 6.83. The van der Waals surface area contributed by atoms with Crippen molar-refractivity contribution < 1.29 is 27.8 Å². The van der Waals surface area contributed by atoms with Gasteiger partial charge >= 0.3 is 6.18 Å². The molecule has 1 amide bonds. The summed E-state index contributed by atoms with van der Waals surface area (Å²) in [7, 11) is 0. The number of nitrogens with one attached hydrogen (secondary N) is 2. The summed E-state index contributed by atoms with van der Waals surface area (Å²) in [4.78, 5) is 33.7. The number of aliphatic hydroxyl groups is 1. The van der Waals surface area contributed by atoms with Crippen LogP contribution < -0.4 is 16.2 Å². The molecule has 1 aliphatic rings. The number of hydrogen-bond acceptors (Lipinski definition) is 7. The Morgan fingerprint density at radius 1 is 1.19 bits per heavy atom. The lowest BCUT2D eigenvalue weighted by Gasteiger charge is -2.29. The van der Waals surface area contributed by atoms with E-state index in [1.54, 1.807) is 25.1 Å². The Labute approximate surface area is 210 Å². The second-order valence-corrected chi connectivity index (χ2v) is 9.16. The van der Waals surface area contributed by atoms with Gasteiger partial charge in [-0.05, 0) is 56.9 Å². The molecule has 1 fully saturated rings. The normalized spacial score (nSPS) is 18.9. The Morgan fingerprint density at radius 3 is 2.59 bits per heavy atom. The standard InChI is InChI=1S/C25H28F3N5O4/c1-15(34)13-37-18-8-6-17(7-9-18)31-22(35)12-33-14-30-23-19(24(33)36)3-2-4-20(23)32-21-10-5-16(11-29-21)25(26,27)28/h2-5,10-11,14-15,17-18,34H,6-9,12-13H2,1H3,(H,29,32)(H,31,35). The fourth-order valence-corrected chi connectivity index (χ4v) is 4.25. The first-order chi connectivity index (χ1) is 17.6. The number of halogens is 3. The van der Waals surface area contributed by atoms with Crippen molar-refractivity contribution in [2.75, 3.05) is 11.9 Å². The number of anilines is 2. The maximum atomic E-state index is 13.0. The van der Waals surface area contributed by atoms with E-state index in [0.29, 0.717) is 11.2 Å². The topological polar surface area (TPSA) is 118 Å². The van der Waals surface area contributed by atoms with E-state index in [2.05, 4.69) is 20.6 Å². The number of benzene rings is 1. The minimum atomic E-state index is -4.49. The molecule has 2 heterocycles. The average molecular weight is 520 g/mol. The maximum Gasteiger partial charge on any atom is 0.417 e. The zero-order chi connectivity index (χ0) is 26.6. The van der Waals surface area contributed by atoms with Gasteiger partial charge in [0.1, 0.15) is 17.9 Å². The van der Waals surface area contributed by atoms with Gasteiger partial charge in [-0.1, -0.05) is 6.07 Å². The molecule has 0 spiro atoms. The lowest BCUT2D eigenvalue weighted by molar-refractivity contribution is -0.137. The zero-order valence-electron chi connectivity index (χ0n) is 20.2. The van der Waals surface area contributed by atoms with Crippen LogP contribution in [0.3, 0.4) is 0 Å². The van der Waals surface area contributed by atoms with Gasteiger partial charge in [0.15, 0.2) is 0 Å². The molecule has 1 unspecified atom stereocenters. The first-order valence-electron chi connectivity index (χ1n) is 12.0. The minimum absolute atomic E-state index is 0.0185. The second-order valence-electron chi connectivity index (χ2n) is 9.16. The van der Waals surface area contributed by atoms with Crippen LogP contribution in [-0.2, 0) is 22.3 Å². The largest absolute Gasteiger partial charge is 0.417 e. The molecular weight excluding hydrogens is 491 g/mol. The maximum absolute atomic E-state index is 13.0. The molecule has 1 saturated carbocycles. The van der Waals surface area contributed by atoms with Gasteiger partial charge in [-0.3, -0.25) is 14.2 Å². The number of amides is 1. The number of hydrogen-bond donors (Lipinski definition) is 3. The van der Waals surface area contributed by atoms with Crippen molar-refractivity contribution in [3.05, 3.63) is 58.8 Å². The summed E-state index contributed by atoms with van der Waals surface area (Å²) >= 11 is 0. The number of pyridine rings is 1. The minimum Gasteiger partial charge on any atom is -0.391 e. The van der Waals surface area contributed by atoms with E-state index < -0.39 is 23.4 Å². The van der Waals surface area contributed by atoms with Crippen molar-refractivity contribution in [2.45, 2.75) is 63.6 Å². The van der Waals surface area contributed by atoms with Crippen LogP contribution in [0.4, 0.5) is 24.7 Å². The zero-order valence-corrected chi connectivity index (χ0v) is 20.2. The summed E-state index contributed by atoms with van der Waals surface area (Å²) in [5.74, 6) is -0.142. The number of aliphatic hydroxyl groups excluding tert-OH is 1. The van der Waals surface area contributed by atoms with Gasteiger partial charge in [0.2, 0.25) is 5.91 Å². The number of fused-ring (bicyclic) bond motifs is 1. The highest BCUT2D eigenvalue weighted by atomic mass is 19.4. The number of nitrogens with zero attached hydrogens (tertiary/aromatic N) is 3. The molecule has 0 radical (unpaired) electrons. The predicted molar refractivity (Wildman–Crippen MR) is 130 cm³/mol. The number of carbonyl (C=O) groups is 1. The quantitative estimate of drug-likeness (QED) is 0.418. The van der Waals surface area contributed by atoms with Crippen LogP contribution in [0.2, 0.25) is 0 Å². The Bertz CT molecular complexity index is 1290. The number of alkyl halides is 3. The number of rotatable bonds is 8. The van der Waals surface area contributed by atoms with Crippen molar-refractivity contribution in [2.24, 2.45) is 0 Å². The van der Waals surface area contributed by atoms with E-state index in [9.17, 15) is 27.9 Å². The monoisotopic (exact) mass is 519 g/mol. The molecule has 1 aliphatic carbocycles. The van der Waals surface area contributed by atoms with Crippen LogP contribution in [0.15, 0.2) is 47.7 Å². The Balaban J connectivity index is 1.40. The van der Waals surface area contributed by atoms with Crippen molar-refractivity contribution in [3.63, 3.8) is 0 Å². The first kappa shape index (κ1) is 26.6. The molecule has 198 valence electrons. The Hall–Kier alpha value is -3.51. The van der Waals surface area contributed by atoms with Crippen LogP contribution in [0, 0.1) is 0 Å². The highest BCUT2D eigenvalue weighted by Crippen LogP contribution is 2.30. The van der Waals surface area contributed by atoms with E-state index in [-0.39, 0.29) is 42.4 Å². The molecule has 2 aromatic heterocycles. The van der Waals surface area contributed by atoms with Crippen molar-refractivity contribution in [3.8, 4) is 0 Å². The third-order valence-electron chi connectivity index (χ3n) is 6.13. The fourth-order valence-electron chi connectivity index (χ4n) is 4.25. The number of aromatic nitrogens is 3. The molecule has 9 nitrogen and oxygen atoms in total. The van der Waals surface area contributed by atoms with E-state index >= 15 is 0 Å². The van der Waals surface area contributed by atoms with Crippen LogP contribution in [-0.4, -0.2) is 50.4 Å². The first-order valence-corrected chi connectivity index (χ1v) is 12.0. The fraction of sp³-hybridized carbons (Fsp3) is 0.440. The van der Waals surface area contributed by atoms with E-state index in [4.69, 9.17) is 4.74 Å². The molecule has 0 saturated heterocycles. The molecule has 0 bridgehead atoms. The summed E-state index contributed by atoms with van der Waals surface area (Å²) in [6.45, 7) is 1.76. The molecular formula is C25H28F3N5O4. The summed E-state index contributed by atoms with van der Waals surface area (Å²) in [6.07, 6.45) is 0.101. The van der Waals surface area contributed by atoms with Crippen molar-refractivity contribution in [1.82, 2.24) is 19.9 Å². The van der Waals surface area contributed by atoms with E-state index in [1.807, 2.05) is 0 Å². The number of ether oxygens (including phenoxy) is 1. The molecule has 4 rings (SSSR count). The summed E-state index contributed by atoms with van der Waals surface area (Å²) < 4.78 is 45.2. The molecule has 0 aliphatic heterocycles. The van der Waals surface area contributed by atoms with Crippen LogP contribution >= 0.6 is 0 Å². The third-order valence-corrected chi connectivity index (χ3v) is 6.13. The van der Waals surface area contributed by atoms with Crippen LogP contribution in [0.1, 0.15) is 38.2 Å². The van der Waals surface area contributed by atoms with Gasteiger partial charge in [0, 0.05) is 12.2 Å². The molecule has 1 atom stereocenters. The van der Waals surface area contributed by atoms with E-state index in [1.165, 1.54) is 17.0 Å². The number of carbonyl (C=O) groups excluding carboxylic acids is 1. The number of para-hydroxylation sites is 1. The molecule has 3 aromatic rings. The van der Waals surface area contributed by atoms with Crippen LogP contribution in [0.25, 0.3) is 10.9 Å². The molecule has 3 N–H and O–H groups in total. The van der Waals surface area contributed by atoms with Crippen molar-refractivity contribution in [1.29, 1.82) is 0 Å². The van der Waals surface area contributed by atoms with Crippen LogP contribution in [0.5, 0.6) is 0 Å². The van der Waals surface area contributed by atoms with Gasteiger partial charge in [-0.2, -0.15) is 13.2 Å². The van der Waals surface area contributed by atoms with Gasteiger partial charge in [-0.15, -0.1) is 0 Å². The van der Waals surface area contributed by atoms with E-state index in [0.717, 1.165) is 37.9 Å². The smallest absolute Gasteiger partial charge is 0.391 e. The Morgan fingerprint density at radius 2 is 1.95 bits per heavy atom. The summed E-state index contributed by atoms with van der Waals surface area (Å²) in [5, 5.41) is 15.4. The molecule has 37 heavy (non-hydrogen) atoms. The van der Waals surface area contributed by atoms with Gasteiger partial charge in [-0.25, -0.2) is 9.97 Å². The summed E-state index contributed by atoms with van der Waals surface area (Å²) in [6, 6.07) is 6.90. The molecule has 12 heteroatoms. The SMILES string of the molecule is CC(O)COC1CCC(NC(=O)Cn2cnc3c(Nc4ccc(C(F)(F)F)cn4)cccc3c2=O)CC1. The lowest BCUT2D eigenvalue weighted by atomic mass is 9.93. The molecule has 1 aromatic carbocycles. The van der Waals surface area contributed by atoms with Gasteiger partial charge in [0.25, 0.3) is 5.56 Å². The van der Waals surface area contributed by atoms with Crippen molar-refractivity contribution >= 4 is 28.3 Å². The Kier molecular flexibility index (Phi) is 8.08. The predicted octanol–water partition coefficient (Wildman–Crippen LogP) is 3.38. The second kappa shape index (κ2) is 11.3.